The Kier molecular flexibility index (Phi) is 4.29. The molecule has 0 saturated carbocycles. The van der Waals surface area contributed by atoms with E-state index in [1.165, 1.54) is 10.5 Å². The Balaban J connectivity index is 2.01. The van der Waals surface area contributed by atoms with Gasteiger partial charge in [-0.3, -0.25) is 0 Å². The number of furan rings is 1. The Morgan fingerprint density at radius 3 is 2.59 bits per heavy atom. The molecular formula is C14H17NOS. The molecule has 1 heterocycles. The average molecular weight is 247 g/mol. The lowest BCUT2D eigenvalue weighted by atomic mass is 10.0. The molecule has 0 aliphatic heterocycles. The summed E-state index contributed by atoms with van der Waals surface area (Å²) in [4.78, 5) is 1.30. The molecule has 1 atom stereocenters. The SMILES string of the molecule is CCSc1ccc(C(N)Cc2ccoc2)cc1. The second-order valence-electron chi connectivity index (χ2n) is 3.94. The standard InChI is InChI=1S/C14H17NOS/c1-2-17-13-5-3-12(4-6-13)14(15)9-11-7-8-16-10-11/h3-8,10,14H,2,9,15H2,1H3. The third kappa shape index (κ3) is 3.38. The Hall–Kier alpha value is -1.19. The first kappa shape index (κ1) is 12.3. The molecule has 0 bridgehead atoms. The zero-order valence-electron chi connectivity index (χ0n) is 9.93. The predicted octanol–water partition coefficient (Wildman–Crippen LogP) is 3.63. The van der Waals surface area contributed by atoms with Crippen LogP contribution in [-0.2, 0) is 6.42 Å². The normalized spacial score (nSPS) is 12.6. The molecule has 0 amide bonds. The largest absolute Gasteiger partial charge is 0.472 e. The summed E-state index contributed by atoms with van der Waals surface area (Å²) in [6, 6.07) is 10.5. The highest BCUT2D eigenvalue weighted by Crippen LogP contribution is 2.21. The molecule has 2 aromatic rings. The molecule has 2 rings (SSSR count). The van der Waals surface area contributed by atoms with Crippen molar-refractivity contribution in [3.63, 3.8) is 0 Å². The third-order valence-corrected chi connectivity index (χ3v) is 3.55. The highest BCUT2D eigenvalue weighted by atomic mass is 32.2. The lowest BCUT2D eigenvalue weighted by Gasteiger charge is -2.11. The highest BCUT2D eigenvalue weighted by Gasteiger charge is 2.07. The van der Waals surface area contributed by atoms with Gasteiger partial charge in [-0.2, -0.15) is 0 Å². The van der Waals surface area contributed by atoms with Crippen molar-refractivity contribution >= 4 is 11.8 Å². The van der Waals surface area contributed by atoms with Gasteiger partial charge in [0.2, 0.25) is 0 Å². The van der Waals surface area contributed by atoms with Crippen LogP contribution in [0.1, 0.15) is 24.1 Å². The molecule has 0 aliphatic carbocycles. The van der Waals surface area contributed by atoms with Crippen LogP contribution in [-0.4, -0.2) is 5.75 Å². The first-order chi connectivity index (χ1) is 8.29. The van der Waals surface area contributed by atoms with E-state index >= 15 is 0 Å². The third-order valence-electron chi connectivity index (χ3n) is 2.65. The monoisotopic (exact) mass is 247 g/mol. The smallest absolute Gasteiger partial charge is 0.0935 e. The minimum Gasteiger partial charge on any atom is -0.472 e. The van der Waals surface area contributed by atoms with E-state index in [0.29, 0.717) is 0 Å². The van der Waals surface area contributed by atoms with Gasteiger partial charge in [0.05, 0.1) is 12.5 Å². The summed E-state index contributed by atoms with van der Waals surface area (Å²) in [7, 11) is 0. The summed E-state index contributed by atoms with van der Waals surface area (Å²) in [6.45, 7) is 2.16. The second-order valence-corrected chi connectivity index (χ2v) is 5.28. The van der Waals surface area contributed by atoms with E-state index in [-0.39, 0.29) is 6.04 Å². The molecule has 0 aliphatic rings. The second kappa shape index (κ2) is 5.94. The zero-order valence-corrected chi connectivity index (χ0v) is 10.7. The molecule has 1 aromatic carbocycles. The Labute approximate surface area is 106 Å². The quantitative estimate of drug-likeness (QED) is 0.820. The van der Waals surface area contributed by atoms with Gasteiger partial charge in [0.1, 0.15) is 0 Å². The van der Waals surface area contributed by atoms with Crippen LogP contribution < -0.4 is 5.73 Å². The van der Waals surface area contributed by atoms with Crippen molar-refractivity contribution in [3.8, 4) is 0 Å². The number of hydrogen-bond acceptors (Lipinski definition) is 3. The van der Waals surface area contributed by atoms with E-state index in [9.17, 15) is 0 Å². The maximum atomic E-state index is 6.16. The molecule has 1 unspecified atom stereocenters. The van der Waals surface area contributed by atoms with Crippen LogP contribution in [0, 0.1) is 0 Å². The molecule has 90 valence electrons. The van der Waals surface area contributed by atoms with Crippen LogP contribution in [0.2, 0.25) is 0 Å². The molecule has 2 N–H and O–H groups in total. The van der Waals surface area contributed by atoms with Crippen molar-refractivity contribution in [2.45, 2.75) is 24.3 Å². The summed E-state index contributed by atoms with van der Waals surface area (Å²) in [5, 5.41) is 0. The van der Waals surface area contributed by atoms with E-state index in [1.54, 1.807) is 12.5 Å². The van der Waals surface area contributed by atoms with Crippen LogP contribution in [0.3, 0.4) is 0 Å². The van der Waals surface area contributed by atoms with Crippen molar-refractivity contribution in [2.24, 2.45) is 5.73 Å². The molecule has 3 heteroatoms. The van der Waals surface area contributed by atoms with Gasteiger partial charge in [-0.25, -0.2) is 0 Å². The maximum absolute atomic E-state index is 6.16. The van der Waals surface area contributed by atoms with E-state index in [0.717, 1.165) is 17.7 Å². The summed E-state index contributed by atoms with van der Waals surface area (Å²) in [6.07, 6.45) is 4.25. The van der Waals surface area contributed by atoms with Crippen LogP contribution in [0.25, 0.3) is 0 Å². The number of nitrogens with two attached hydrogens (primary N) is 1. The van der Waals surface area contributed by atoms with Gasteiger partial charge < -0.3 is 10.2 Å². The van der Waals surface area contributed by atoms with Crippen LogP contribution in [0.5, 0.6) is 0 Å². The fraction of sp³-hybridized carbons (Fsp3) is 0.286. The Morgan fingerprint density at radius 2 is 2.00 bits per heavy atom. The van der Waals surface area contributed by atoms with Gasteiger partial charge in [-0.1, -0.05) is 19.1 Å². The van der Waals surface area contributed by atoms with E-state index < -0.39 is 0 Å². The van der Waals surface area contributed by atoms with Crippen LogP contribution in [0.15, 0.2) is 52.2 Å². The molecule has 0 fully saturated rings. The maximum Gasteiger partial charge on any atom is 0.0935 e. The molecule has 1 aromatic heterocycles. The van der Waals surface area contributed by atoms with Gasteiger partial charge in [0, 0.05) is 10.9 Å². The fourth-order valence-electron chi connectivity index (χ4n) is 1.76. The van der Waals surface area contributed by atoms with Crippen molar-refractivity contribution in [1.82, 2.24) is 0 Å². The van der Waals surface area contributed by atoms with Crippen LogP contribution in [0.4, 0.5) is 0 Å². The molecular weight excluding hydrogens is 230 g/mol. The molecule has 17 heavy (non-hydrogen) atoms. The average Bonchev–Trinajstić information content (AvgIpc) is 2.83. The summed E-state index contributed by atoms with van der Waals surface area (Å²) in [5.41, 5.74) is 8.48. The van der Waals surface area contributed by atoms with Gasteiger partial charge >= 0.3 is 0 Å². The summed E-state index contributed by atoms with van der Waals surface area (Å²) in [5.74, 6) is 1.10. The molecule has 0 saturated heterocycles. The van der Waals surface area contributed by atoms with Crippen molar-refractivity contribution < 1.29 is 4.42 Å². The highest BCUT2D eigenvalue weighted by molar-refractivity contribution is 7.99. The number of hydrogen-bond donors (Lipinski definition) is 1. The van der Waals surface area contributed by atoms with Gasteiger partial charge in [0.25, 0.3) is 0 Å². The minimum atomic E-state index is 0.0354. The molecule has 0 radical (unpaired) electrons. The Morgan fingerprint density at radius 1 is 1.24 bits per heavy atom. The van der Waals surface area contributed by atoms with E-state index in [2.05, 4.69) is 31.2 Å². The van der Waals surface area contributed by atoms with E-state index in [4.69, 9.17) is 10.2 Å². The van der Waals surface area contributed by atoms with Crippen molar-refractivity contribution in [1.29, 1.82) is 0 Å². The number of thioether (sulfide) groups is 1. The van der Waals surface area contributed by atoms with Crippen molar-refractivity contribution in [2.75, 3.05) is 5.75 Å². The number of rotatable bonds is 5. The molecule has 2 nitrogen and oxygen atoms in total. The lowest BCUT2D eigenvalue weighted by molar-refractivity contribution is 0.561. The topological polar surface area (TPSA) is 39.2 Å². The first-order valence-electron chi connectivity index (χ1n) is 5.79. The Bertz CT molecular complexity index is 436. The zero-order chi connectivity index (χ0) is 12.1. The first-order valence-corrected chi connectivity index (χ1v) is 6.77. The predicted molar refractivity (Wildman–Crippen MR) is 72.2 cm³/mol. The fourth-order valence-corrected chi connectivity index (χ4v) is 2.42. The van der Waals surface area contributed by atoms with E-state index in [1.807, 2.05) is 17.8 Å². The van der Waals surface area contributed by atoms with Crippen LogP contribution >= 0.6 is 11.8 Å². The van der Waals surface area contributed by atoms with Gasteiger partial charge in [0.15, 0.2) is 0 Å². The minimum absolute atomic E-state index is 0.0354. The van der Waals surface area contributed by atoms with Gasteiger partial charge in [-0.15, -0.1) is 11.8 Å². The summed E-state index contributed by atoms with van der Waals surface area (Å²) < 4.78 is 5.04. The van der Waals surface area contributed by atoms with Crippen molar-refractivity contribution in [3.05, 3.63) is 54.0 Å². The summed E-state index contributed by atoms with van der Waals surface area (Å²) >= 11 is 1.85. The molecule has 0 spiro atoms. The van der Waals surface area contributed by atoms with Gasteiger partial charge in [-0.05, 0) is 41.5 Å². The lowest BCUT2D eigenvalue weighted by Crippen LogP contribution is -2.12. The number of benzene rings is 1.